The van der Waals surface area contributed by atoms with Gasteiger partial charge in [-0.05, 0) is 66.6 Å². The standard InChI is InChI=1S/C25H22Cl2FN3O2/c1-14(29)15-4-9-19(22(28)10-15)24(32)13-20-21(11-17(27)12-23(20)31(2)3)25(33)30-18-7-5-16(26)6-8-18/h4-12,29H,13H2,1-3H3,(H,30,33). The van der Waals surface area contributed by atoms with Gasteiger partial charge in [0.1, 0.15) is 5.82 Å². The first kappa shape index (κ1) is 24.4. The van der Waals surface area contributed by atoms with Crippen molar-refractivity contribution in [3.63, 3.8) is 0 Å². The fourth-order valence-corrected chi connectivity index (χ4v) is 3.71. The first-order valence-corrected chi connectivity index (χ1v) is 10.8. The number of anilines is 2. The molecule has 0 saturated heterocycles. The highest BCUT2D eigenvalue weighted by Crippen LogP contribution is 2.30. The van der Waals surface area contributed by atoms with Crippen molar-refractivity contribution in [3.05, 3.63) is 92.7 Å². The van der Waals surface area contributed by atoms with Crippen LogP contribution in [-0.4, -0.2) is 31.5 Å². The first-order chi connectivity index (χ1) is 15.6. The van der Waals surface area contributed by atoms with Crippen LogP contribution in [0.5, 0.6) is 0 Å². The second-order valence-corrected chi connectivity index (χ2v) is 8.60. The molecule has 0 bridgehead atoms. The van der Waals surface area contributed by atoms with Crippen molar-refractivity contribution in [2.45, 2.75) is 13.3 Å². The summed E-state index contributed by atoms with van der Waals surface area (Å²) in [5.41, 5.74) is 2.22. The lowest BCUT2D eigenvalue weighted by Gasteiger charge is -2.21. The number of hydrogen-bond acceptors (Lipinski definition) is 4. The van der Waals surface area contributed by atoms with Crippen LogP contribution in [0.25, 0.3) is 0 Å². The molecule has 0 spiro atoms. The smallest absolute Gasteiger partial charge is 0.256 e. The predicted octanol–water partition coefficient (Wildman–Crippen LogP) is 6.26. The zero-order valence-electron chi connectivity index (χ0n) is 18.3. The summed E-state index contributed by atoms with van der Waals surface area (Å²) in [5, 5.41) is 11.3. The molecule has 0 heterocycles. The molecule has 170 valence electrons. The van der Waals surface area contributed by atoms with Crippen LogP contribution in [0, 0.1) is 11.2 Å². The van der Waals surface area contributed by atoms with E-state index < -0.39 is 17.5 Å². The van der Waals surface area contributed by atoms with Gasteiger partial charge in [0.25, 0.3) is 5.91 Å². The van der Waals surface area contributed by atoms with Gasteiger partial charge >= 0.3 is 0 Å². The van der Waals surface area contributed by atoms with Crippen molar-refractivity contribution in [1.29, 1.82) is 5.41 Å². The first-order valence-electron chi connectivity index (χ1n) is 10.0. The molecule has 3 aromatic rings. The monoisotopic (exact) mass is 485 g/mol. The Labute approximate surface area is 201 Å². The molecule has 0 atom stereocenters. The molecule has 2 N–H and O–H groups in total. The van der Waals surface area contributed by atoms with Crippen molar-refractivity contribution < 1.29 is 14.0 Å². The number of ketones is 1. The Kier molecular flexibility index (Phi) is 7.51. The number of hydrogen-bond donors (Lipinski definition) is 2. The third kappa shape index (κ3) is 5.78. The van der Waals surface area contributed by atoms with Gasteiger partial charge in [-0.25, -0.2) is 4.39 Å². The van der Waals surface area contributed by atoms with Crippen LogP contribution in [0.1, 0.15) is 38.8 Å². The fraction of sp³-hybridized carbons (Fsp3) is 0.160. The molecule has 3 aromatic carbocycles. The number of rotatable bonds is 7. The summed E-state index contributed by atoms with van der Waals surface area (Å²) in [4.78, 5) is 27.9. The lowest BCUT2D eigenvalue weighted by atomic mass is 9.95. The molecule has 3 rings (SSSR count). The summed E-state index contributed by atoms with van der Waals surface area (Å²) < 4.78 is 14.6. The molecular weight excluding hydrogens is 464 g/mol. The number of carbonyl (C=O) groups excluding carboxylic acids is 2. The molecule has 5 nitrogen and oxygen atoms in total. The average Bonchev–Trinajstić information content (AvgIpc) is 2.75. The second kappa shape index (κ2) is 10.1. The number of carbonyl (C=O) groups is 2. The summed E-state index contributed by atoms with van der Waals surface area (Å²) in [6, 6.07) is 13.8. The van der Waals surface area contributed by atoms with Crippen LogP contribution in [-0.2, 0) is 6.42 Å². The summed E-state index contributed by atoms with van der Waals surface area (Å²) >= 11 is 12.2. The van der Waals surface area contributed by atoms with Crippen LogP contribution in [0.4, 0.5) is 15.8 Å². The molecule has 0 radical (unpaired) electrons. The summed E-state index contributed by atoms with van der Waals surface area (Å²) in [6.07, 6.45) is -0.214. The fourth-order valence-electron chi connectivity index (χ4n) is 3.37. The van der Waals surface area contributed by atoms with E-state index in [1.165, 1.54) is 24.3 Å². The molecule has 1 amide bonds. The van der Waals surface area contributed by atoms with E-state index in [9.17, 15) is 14.0 Å². The Morgan fingerprint density at radius 1 is 0.970 bits per heavy atom. The van der Waals surface area contributed by atoms with Gasteiger partial charge in [-0.2, -0.15) is 0 Å². The third-order valence-electron chi connectivity index (χ3n) is 5.06. The molecule has 0 saturated carbocycles. The van der Waals surface area contributed by atoms with Gasteiger partial charge in [0, 0.05) is 53.2 Å². The van der Waals surface area contributed by atoms with Crippen molar-refractivity contribution >= 4 is 52.0 Å². The van der Waals surface area contributed by atoms with Crippen molar-refractivity contribution in [2.75, 3.05) is 24.3 Å². The van der Waals surface area contributed by atoms with E-state index in [0.29, 0.717) is 32.5 Å². The SMILES string of the molecule is CC(=N)c1ccc(C(=O)Cc2c(C(=O)Nc3ccc(Cl)cc3)cc(Cl)cc2N(C)C)c(F)c1. The Bertz CT molecular complexity index is 1240. The van der Waals surface area contributed by atoms with Crippen molar-refractivity contribution in [2.24, 2.45) is 0 Å². The van der Waals surface area contributed by atoms with Gasteiger partial charge in [-0.15, -0.1) is 0 Å². The molecule has 33 heavy (non-hydrogen) atoms. The number of Topliss-reactive ketones (excluding diaryl/α,β-unsaturated/α-hetero) is 1. The van der Waals surface area contributed by atoms with E-state index in [4.69, 9.17) is 28.6 Å². The zero-order valence-corrected chi connectivity index (χ0v) is 19.8. The molecule has 0 unspecified atom stereocenters. The van der Waals surface area contributed by atoms with E-state index in [2.05, 4.69) is 5.32 Å². The zero-order chi connectivity index (χ0) is 24.3. The Morgan fingerprint density at radius 2 is 1.64 bits per heavy atom. The normalized spacial score (nSPS) is 10.6. The third-order valence-corrected chi connectivity index (χ3v) is 5.53. The molecule has 0 aliphatic carbocycles. The van der Waals surface area contributed by atoms with E-state index in [0.717, 1.165) is 0 Å². The van der Waals surface area contributed by atoms with E-state index in [1.54, 1.807) is 56.3 Å². The quantitative estimate of drug-likeness (QED) is 0.306. The highest BCUT2D eigenvalue weighted by atomic mass is 35.5. The largest absolute Gasteiger partial charge is 0.377 e. The molecule has 0 fully saturated rings. The van der Waals surface area contributed by atoms with Gasteiger partial charge < -0.3 is 15.6 Å². The van der Waals surface area contributed by atoms with Crippen molar-refractivity contribution in [1.82, 2.24) is 0 Å². The molecule has 0 aliphatic heterocycles. The lowest BCUT2D eigenvalue weighted by molar-refractivity contribution is 0.0989. The number of benzene rings is 3. The highest BCUT2D eigenvalue weighted by Gasteiger charge is 2.22. The van der Waals surface area contributed by atoms with Crippen LogP contribution in [0.2, 0.25) is 10.0 Å². The van der Waals surface area contributed by atoms with E-state index in [1.807, 2.05) is 0 Å². The summed E-state index contributed by atoms with van der Waals surface area (Å²) in [5.74, 6) is -1.66. The maximum Gasteiger partial charge on any atom is 0.256 e. The molecule has 8 heteroatoms. The van der Waals surface area contributed by atoms with Crippen LogP contribution >= 0.6 is 23.2 Å². The maximum atomic E-state index is 14.6. The minimum atomic E-state index is -0.711. The van der Waals surface area contributed by atoms with Crippen LogP contribution < -0.4 is 10.2 Å². The Morgan fingerprint density at radius 3 is 2.21 bits per heavy atom. The Balaban J connectivity index is 2.01. The molecule has 0 aromatic heterocycles. The number of nitrogens with zero attached hydrogens (tertiary/aromatic N) is 1. The van der Waals surface area contributed by atoms with Gasteiger partial charge in [0.15, 0.2) is 5.78 Å². The lowest BCUT2D eigenvalue weighted by Crippen LogP contribution is -2.20. The maximum absolute atomic E-state index is 14.6. The molecule has 0 aliphatic rings. The van der Waals surface area contributed by atoms with Crippen LogP contribution in [0.3, 0.4) is 0 Å². The molecular formula is C25H22Cl2FN3O2. The minimum absolute atomic E-state index is 0.108. The highest BCUT2D eigenvalue weighted by molar-refractivity contribution is 6.31. The van der Waals surface area contributed by atoms with Crippen molar-refractivity contribution in [3.8, 4) is 0 Å². The Hall–Kier alpha value is -3.22. The van der Waals surface area contributed by atoms with Gasteiger partial charge in [-0.3, -0.25) is 9.59 Å². The van der Waals surface area contributed by atoms with Gasteiger partial charge in [-0.1, -0.05) is 29.3 Å². The van der Waals surface area contributed by atoms with Crippen LogP contribution in [0.15, 0.2) is 54.6 Å². The second-order valence-electron chi connectivity index (χ2n) is 7.73. The number of amides is 1. The summed E-state index contributed by atoms with van der Waals surface area (Å²) in [6.45, 7) is 1.54. The summed E-state index contributed by atoms with van der Waals surface area (Å²) in [7, 11) is 3.53. The predicted molar refractivity (Wildman–Crippen MR) is 132 cm³/mol. The topological polar surface area (TPSA) is 73.3 Å². The average molecular weight is 486 g/mol. The minimum Gasteiger partial charge on any atom is -0.377 e. The van der Waals surface area contributed by atoms with Gasteiger partial charge in [0.2, 0.25) is 0 Å². The van der Waals surface area contributed by atoms with E-state index >= 15 is 0 Å². The number of halogens is 3. The van der Waals surface area contributed by atoms with Gasteiger partial charge in [0.05, 0.1) is 5.56 Å². The van der Waals surface area contributed by atoms with E-state index in [-0.39, 0.29) is 23.3 Å². The number of nitrogens with one attached hydrogen (secondary N) is 2.